The standard InChI is InChI=1S/C28H37N3O2/c1-22(7-8-23-9-11-25(32)12-10-23)29-15-13-28(14-16-29)21-26(28)27(33)31-19-17-30(18-20-31)24-5-3-2-4-6-24/h2-6,9-12,22,26,32H,7-8,13-21H2,1H3/t22-,26+/m1/s1. The van der Waals surface area contributed by atoms with Crippen molar-refractivity contribution in [2.24, 2.45) is 11.3 Å². The maximum atomic E-state index is 13.3. The van der Waals surface area contributed by atoms with E-state index in [4.69, 9.17) is 0 Å². The number of para-hydroxylation sites is 1. The van der Waals surface area contributed by atoms with Crippen molar-refractivity contribution in [2.75, 3.05) is 44.2 Å². The maximum Gasteiger partial charge on any atom is 0.226 e. The molecule has 0 aromatic heterocycles. The van der Waals surface area contributed by atoms with Gasteiger partial charge in [-0.3, -0.25) is 4.79 Å². The van der Waals surface area contributed by atoms with Crippen LogP contribution in [0.1, 0.15) is 38.2 Å². The topological polar surface area (TPSA) is 47.0 Å². The number of phenolic OH excluding ortho intramolecular Hbond substituents is 1. The first-order chi connectivity index (χ1) is 16.0. The quantitative estimate of drug-likeness (QED) is 0.722. The number of hydrogen-bond donors (Lipinski definition) is 1. The summed E-state index contributed by atoms with van der Waals surface area (Å²) in [6, 6.07) is 18.7. The molecule has 1 saturated carbocycles. The van der Waals surface area contributed by atoms with Crippen LogP contribution in [0.25, 0.3) is 0 Å². The number of rotatable bonds is 6. The number of amides is 1. The number of carbonyl (C=O) groups excluding carboxylic acids is 1. The number of carbonyl (C=O) groups is 1. The normalized spacial score (nSPS) is 23.5. The molecule has 1 spiro atoms. The highest BCUT2D eigenvalue weighted by molar-refractivity contribution is 5.83. The number of phenols is 1. The highest BCUT2D eigenvalue weighted by Gasteiger charge is 2.59. The van der Waals surface area contributed by atoms with Gasteiger partial charge in [0.25, 0.3) is 0 Å². The Morgan fingerprint density at radius 2 is 1.64 bits per heavy atom. The Bertz CT molecular complexity index is 929. The largest absolute Gasteiger partial charge is 0.508 e. The molecule has 1 aliphatic carbocycles. The van der Waals surface area contributed by atoms with Crippen molar-refractivity contribution in [1.82, 2.24) is 9.80 Å². The number of nitrogens with zero attached hydrogens (tertiary/aromatic N) is 3. The molecule has 2 saturated heterocycles. The molecule has 2 heterocycles. The van der Waals surface area contributed by atoms with E-state index in [9.17, 15) is 9.90 Å². The average molecular weight is 448 g/mol. The summed E-state index contributed by atoms with van der Waals surface area (Å²) in [6.07, 6.45) is 5.60. The molecule has 2 atom stereocenters. The van der Waals surface area contributed by atoms with Gasteiger partial charge < -0.3 is 19.8 Å². The van der Waals surface area contributed by atoms with Crippen molar-refractivity contribution in [1.29, 1.82) is 0 Å². The van der Waals surface area contributed by atoms with Gasteiger partial charge in [0.2, 0.25) is 5.91 Å². The fourth-order valence-electron chi connectivity index (χ4n) is 5.92. The molecule has 5 rings (SSSR count). The lowest BCUT2D eigenvalue weighted by molar-refractivity contribution is -0.134. The summed E-state index contributed by atoms with van der Waals surface area (Å²) in [5.41, 5.74) is 2.83. The SMILES string of the molecule is C[C@H](CCc1ccc(O)cc1)N1CCC2(CC1)C[C@H]2C(=O)N1CCN(c2ccccc2)CC1. The van der Waals surface area contributed by atoms with E-state index in [1.807, 2.05) is 12.1 Å². The van der Waals surface area contributed by atoms with Gasteiger partial charge in [-0.15, -0.1) is 0 Å². The minimum Gasteiger partial charge on any atom is -0.508 e. The minimum atomic E-state index is 0.259. The van der Waals surface area contributed by atoms with Crippen molar-refractivity contribution in [3.8, 4) is 5.75 Å². The zero-order chi connectivity index (χ0) is 22.8. The predicted molar refractivity (Wildman–Crippen MR) is 132 cm³/mol. The van der Waals surface area contributed by atoms with Crippen LogP contribution >= 0.6 is 0 Å². The van der Waals surface area contributed by atoms with Gasteiger partial charge >= 0.3 is 0 Å². The monoisotopic (exact) mass is 447 g/mol. The van der Waals surface area contributed by atoms with Crippen molar-refractivity contribution in [2.45, 2.75) is 45.1 Å². The zero-order valence-electron chi connectivity index (χ0n) is 19.8. The van der Waals surface area contributed by atoms with Gasteiger partial charge in [0, 0.05) is 43.8 Å². The summed E-state index contributed by atoms with van der Waals surface area (Å²) < 4.78 is 0. The fourth-order valence-corrected chi connectivity index (χ4v) is 5.92. The van der Waals surface area contributed by atoms with E-state index in [-0.39, 0.29) is 11.3 Å². The predicted octanol–water partition coefficient (Wildman–Crippen LogP) is 4.16. The first kappa shape index (κ1) is 22.3. The number of piperidine rings is 1. The van der Waals surface area contributed by atoms with Gasteiger partial charge in [0.15, 0.2) is 0 Å². The Morgan fingerprint density at radius 3 is 2.30 bits per heavy atom. The van der Waals surface area contributed by atoms with E-state index in [0.717, 1.165) is 71.4 Å². The average Bonchev–Trinajstić information content (AvgIpc) is 3.57. The van der Waals surface area contributed by atoms with Gasteiger partial charge in [-0.1, -0.05) is 30.3 Å². The van der Waals surface area contributed by atoms with Crippen LogP contribution in [0.3, 0.4) is 0 Å². The number of benzene rings is 2. The van der Waals surface area contributed by atoms with Crippen LogP contribution in [-0.4, -0.2) is 66.1 Å². The van der Waals surface area contributed by atoms with Crippen LogP contribution in [0.2, 0.25) is 0 Å². The summed E-state index contributed by atoms with van der Waals surface area (Å²) in [6.45, 7) is 8.12. The van der Waals surface area contributed by atoms with Crippen LogP contribution in [0.15, 0.2) is 54.6 Å². The van der Waals surface area contributed by atoms with Gasteiger partial charge in [-0.2, -0.15) is 0 Å². The third-order valence-corrected chi connectivity index (χ3v) is 8.40. The highest BCUT2D eigenvalue weighted by atomic mass is 16.3. The molecule has 2 aromatic carbocycles. The molecule has 2 aliphatic heterocycles. The fraction of sp³-hybridized carbons (Fsp3) is 0.536. The van der Waals surface area contributed by atoms with Crippen LogP contribution in [0, 0.1) is 11.3 Å². The van der Waals surface area contributed by atoms with E-state index in [2.05, 4.69) is 52.0 Å². The summed E-state index contributed by atoms with van der Waals surface area (Å²) in [7, 11) is 0. The van der Waals surface area contributed by atoms with Gasteiger partial charge in [-0.05, 0) is 87.4 Å². The van der Waals surface area contributed by atoms with Gasteiger partial charge in [0.1, 0.15) is 5.75 Å². The molecule has 5 nitrogen and oxygen atoms in total. The minimum absolute atomic E-state index is 0.259. The zero-order valence-corrected chi connectivity index (χ0v) is 19.8. The molecule has 33 heavy (non-hydrogen) atoms. The first-order valence-electron chi connectivity index (χ1n) is 12.6. The number of piperazine rings is 1. The molecule has 0 radical (unpaired) electrons. The number of aromatic hydroxyl groups is 1. The molecule has 0 bridgehead atoms. The molecule has 2 aromatic rings. The van der Waals surface area contributed by atoms with E-state index in [1.54, 1.807) is 12.1 Å². The molecule has 3 aliphatic rings. The van der Waals surface area contributed by atoms with E-state index in [0.29, 0.717) is 17.7 Å². The second-order valence-corrected chi connectivity index (χ2v) is 10.4. The third kappa shape index (κ3) is 4.89. The van der Waals surface area contributed by atoms with Crippen molar-refractivity contribution in [3.63, 3.8) is 0 Å². The third-order valence-electron chi connectivity index (χ3n) is 8.40. The van der Waals surface area contributed by atoms with Gasteiger partial charge in [-0.25, -0.2) is 0 Å². The first-order valence-corrected chi connectivity index (χ1v) is 12.6. The Labute approximate surface area is 198 Å². The van der Waals surface area contributed by atoms with E-state index in [1.165, 1.54) is 11.3 Å². The Morgan fingerprint density at radius 1 is 0.970 bits per heavy atom. The number of aryl methyl sites for hydroxylation is 1. The number of likely N-dealkylation sites (tertiary alicyclic amines) is 1. The van der Waals surface area contributed by atoms with Crippen LogP contribution < -0.4 is 4.90 Å². The number of anilines is 1. The smallest absolute Gasteiger partial charge is 0.226 e. The van der Waals surface area contributed by atoms with Gasteiger partial charge in [0.05, 0.1) is 0 Å². The summed E-state index contributed by atoms with van der Waals surface area (Å²) in [5.74, 6) is 1.01. The molecule has 0 unspecified atom stereocenters. The number of hydrogen-bond acceptors (Lipinski definition) is 4. The second-order valence-electron chi connectivity index (χ2n) is 10.4. The maximum absolute atomic E-state index is 13.3. The van der Waals surface area contributed by atoms with Crippen molar-refractivity contribution < 1.29 is 9.90 Å². The summed E-state index contributed by atoms with van der Waals surface area (Å²) in [4.78, 5) is 20.4. The Kier molecular flexibility index (Phi) is 6.33. The Balaban J connectivity index is 1.06. The lowest BCUT2D eigenvalue weighted by atomic mass is 9.89. The molecule has 1 N–H and O–H groups in total. The van der Waals surface area contributed by atoms with E-state index >= 15 is 0 Å². The summed E-state index contributed by atoms with van der Waals surface area (Å²) >= 11 is 0. The van der Waals surface area contributed by atoms with E-state index < -0.39 is 0 Å². The molecule has 176 valence electrons. The molecule has 3 fully saturated rings. The molecule has 1 amide bonds. The second kappa shape index (κ2) is 9.38. The van der Waals surface area contributed by atoms with Crippen LogP contribution in [0.5, 0.6) is 5.75 Å². The lowest BCUT2D eigenvalue weighted by Crippen LogP contribution is -2.50. The molecular formula is C28H37N3O2. The molecular weight excluding hydrogens is 410 g/mol. The van der Waals surface area contributed by atoms with Crippen molar-refractivity contribution >= 4 is 11.6 Å². The molecule has 5 heteroatoms. The van der Waals surface area contributed by atoms with Crippen LogP contribution in [0.4, 0.5) is 5.69 Å². The highest BCUT2D eigenvalue weighted by Crippen LogP contribution is 2.60. The Hall–Kier alpha value is -2.53. The van der Waals surface area contributed by atoms with Crippen LogP contribution in [-0.2, 0) is 11.2 Å². The lowest BCUT2D eigenvalue weighted by Gasteiger charge is -2.38. The van der Waals surface area contributed by atoms with Crippen molar-refractivity contribution in [3.05, 3.63) is 60.2 Å². The summed E-state index contributed by atoms with van der Waals surface area (Å²) in [5, 5.41) is 9.46.